The number of nitrogens with zero attached hydrogens (tertiary/aromatic N) is 3. The first kappa shape index (κ1) is 12.2. The number of ketones is 1. The van der Waals surface area contributed by atoms with E-state index in [4.69, 9.17) is 5.26 Å². The molecule has 0 aromatic carbocycles. The van der Waals surface area contributed by atoms with Gasteiger partial charge in [-0.05, 0) is 26.0 Å². The Hall–Kier alpha value is -1.89. The molecular formula is C12H15N3O. The SMILES string of the molecule is CC(=O)c1ccnc(N(C)CC(C)C#N)c1. The zero-order valence-corrected chi connectivity index (χ0v) is 9.77. The van der Waals surface area contributed by atoms with Gasteiger partial charge in [-0.1, -0.05) is 0 Å². The molecule has 1 aromatic heterocycles. The van der Waals surface area contributed by atoms with Gasteiger partial charge in [-0.2, -0.15) is 5.26 Å². The monoisotopic (exact) mass is 217 g/mol. The first-order valence-corrected chi connectivity index (χ1v) is 5.12. The van der Waals surface area contributed by atoms with Crippen LogP contribution >= 0.6 is 0 Å². The van der Waals surface area contributed by atoms with Gasteiger partial charge in [-0.3, -0.25) is 4.79 Å². The van der Waals surface area contributed by atoms with E-state index in [0.29, 0.717) is 12.1 Å². The molecule has 84 valence electrons. The molecule has 0 saturated carbocycles. The number of pyridine rings is 1. The Labute approximate surface area is 95.5 Å². The standard InChI is InChI=1S/C12H15N3O/c1-9(7-13)8-15(3)12-6-11(10(2)16)4-5-14-12/h4-6,9H,8H2,1-3H3. The molecule has 0 N–H and O–H groups in total. The second-order valence-corrected chi connectivity index (χ2v) is 3.87. The highest BCUT2D eigenvalue weighted by Gasteiger charge is 2.09. The maximum atomic E-state index is 11.2. The topological polar surface area (TPSA) is 57.0 Å². The molecule has 0 saturated heterocycles. The number of anilines is 1. The molecule has 0 amide bonds. The van der Waals surface area contributed by atoms with Crippen molar-refractivity contribution in [2.24, 2.45) is 5.92 Å². The van der Waals surface area contributed by atoms with Crippen molar-refractivity contribution >= 4 is 11.6 Å². The minimum Gasteiger partial charge on any atom is -0.358 e. The lowest BCUT2D eigenvalue weighted by Gasteiger charge is -2.19. The predicted molar refractivity (Wildman–Crippen MR) is 62.3 cm³/mol. The number of carbonyl (C=O) groups excluding carboxylic acids is 1. The van der Waals surface area contributed by atoms with Crippen LogP contribution in [0.4, 0.5) is 5.82 Å². The van der Waals surface area contributed by atoms with Crippen molar-refractivity contribution in [2.45, 2.75) is 13.8 Å². The van der Waals surface area contributed by atoms with Crippen molar-refractivity contribution in [3.63, 3.8) is 0 Å². The summed E-state index contributed by atoms with van der Waals surface area (Å²) in [5, 5.41) is 8.72. The highest BCUT2D eigenvalue weighted by atomic mass is 16.1. The van der Waals surface area contributed by atoms with Gasteiger partial charge in [0.25, 0.3) is 0 Å². The number of rotatable bonds is 4. The van der Waals surface area contributed by atoms with Crippen LogP contribution in [-0.4, -0.2) is 24.4 Å². The van der Waals surface area contributed by atoms with Gasteiger partial charge < -0.3 is 4.90 Å². The Morgan fingerprint density at radius 1 is 1.69 bits per heavy atom. The first-order chi connectivity index (χ1) is 7.54. The van der Waals surface area contributed by atoms with Crippen LogP contribution < -0.4 is 4.90 Å². The highest BCUT2D eigenvalue weighted by Crippen LogP contribution is 2.12. The molecule has 0 radical (unpaired) electrons. The maximum absolute atomic E-state index is 11.2. The number of nitriles is 1. The van der Waals surface area contributed by atoms with E-state index in [9.17, 15) is 4.79 Å². The number of carbonyl (C=O) groups is 1. The zero-order valence-electron chi connectivity index (χ0n) is 9.77. The maximum Gasteiger partial charge on any atom is 0.159 e. The molecule has 0 spiro atoms. The molecule has 1 aromatic rings. The average molecular weight is 217 g/mol. The number of aromatic nitrogens is 1. The van der Waals surface area contributed by atoms with E-state index < -0.39 is 0 Å². The third-order valence-electron chi connectivity index (χ3n) is 2.31. The van der Waals surface area contributed by atoms with Crippen molar-refractivity contribution in [3.05, 3.63) is 23.9 Å². The number of hydrogen-bond acceptors (Lipinski definition) is 4. The van der Waals surface area contributed by atoms with E-state index in [-0.39, 0.29) is 11.7 Å². The minimum atomic E-state index is -0.0622. The first-order valence-electron chi connectivity index (χ1n) is 5.12. The van der Waals surface area contributed by atoms with Crippen molar-refractivity contribution < 1.29 is 4.79 Å². The van der Waals surface area contributed by atoms with Crippen LogP contribution in [0, 0.1) is 17.2 Å². The Balaban J connectivity index is 2.84. The van der Waals surface area contributed by atoms with Crippen molar-refractivity contribution in [2.75, 3.05) is 18.5 Å². The minimum absolute atomic E-state index is 0.0189. The van der Waals surface area contributed by atoms with Crippen LogP contribution in [0.3, 0.4) is 0 Å². The fourth-order valence-electron chi connectivity index (χ4n) is 1.39. The van der Waals surface area contributed by atoms with Crippen LogP contribution in [0.15, 0.2) is 18.3 Å². The van der Waals surface area contributed by atoms with E-state index in [1.165, 1.54) is 6.92 Å². The number of hydrogen-bond donors (Lipinski definition) is 0. The summed E-state index contributed by atoms with van der Waals surface area (Å²) in [6, 6.07) is 5.60. The summed E-state index contributed by atoms with van der Waals surface area (Å²) in [6.07, 6.45) is 1.61. The average Bonchev–Trinajstić information content (AvgIpc) is 2.28. The fraction of sp³-hybridized carbons (Fsp3) is 0.417. The quantitative estimate of drug-likeness (QED) is 0.722. The summed E-state index contributed by atoms with van der Waals surface area (Å²) in [5.74, 6) is 0.674. The van der Waals surface area contributed by atoms with Gasteiger partial charge in [0.1, 0.15) is 5.82 Å². The lowest BCUT2D eigenvalue weighted by Crippen LogP contribution is -2.24. The van der Waals surface area contributed by atoms with Crippen molar-refractivity contribution in [1.82, 2.24) is 4.98 Å². The molecule has 0 fully saturated rings. The van der Waals surface area contributed by atoms with Crippen LogP contribution in [0.2, 0.25) is 0 Å². The van der Waals surface area contributed by atoms with Gasteiger partial charge in [-0.25, -0.2) is 4.98 Å². The molecule has 16 heavy (non-hydrogen) atoms. The smallest absolute Gasteiger partial charge is 0.159 e. The molecule has 0 aliphatic carbocycles. The lowest BCUT2D eigenvalue weighted by molar-refractivity contribution is 0.101. The summed E-state index contributed by atoms with van der Waals surface area (Å²) < 4.78 is 0. The Bertz CT molecular complexity index is 423. The molecule has 4 nitrogen and oxygen atoms in total. The third kappa shape index (κ3) is 3.06. The Morgan fingerprint density at radius 2 is 2.38 bits per heavy atom. The van der Waals surface area contributed by atoms with Crippen LogP contribution in [0.1, 0.15) is 24.2 Å². The van der Waals surface area contributed by atoms with Gasteiger partial charge in [0.15, 0.2) is 5.78 Å². The molecule has 1 unspecified atom stereocenters. The number of Topliss-reactive ketones (excluding diaryl/α,β-unsaturated/α-hetero) is 1. The highest BCUT2D eigenvalue weighted by molar-refractivity contribution is 5.94. The van der Waals surface area contributed by atoms with E-state index in [0.717, 1.165) is 5.82 Å². The second-order valence-electron chi connectivity index (χ2n) is 3.87. The molecule has 1 atom stereocenters. The second kappa shape index (κ2) is 5.26. The third-order valence-corrected chi connectivity index (χ3v) is 2.31. The molecule has 0 aliphatic rings. The Kier molecular flexibility index (Phi) is 4.01. The van der Waals surface area contributed by atoms with Gasteiger partial charge in [0.05, 0.1) is 12.0 Å². The Morgan fingerprint density at radius 3 is 2.94 bits per heavy atom. The molecule has 0 bridgehead atoms. The largest absolute Gasteiger partial charge is 0.358 e. The summed E-state index contributed by atoms with van der Waals surface area (Å²) in [7, 11) is 1.86. The van der Waals surface area contributed by atoms with E-state index in [1.54, 1.807) is 18.3 Å². The van der Waals surface area contributed by atoms with Crippen LogP contribution in [-0.2, 0) is 0 Å². The lowest BCUT2D eigenvalue weighted by atomic mass is 10.1. The summed E-state index contributed by atoms with van der Waals surface area (Å²) >= 11 is 0. The summed E-state index contributed by atoms with van der Waals surface area (Å²) in [6.45, 7) is 3.98. The molecule has 0 aliphatic heterocycles. The molecule has 1 rings (SSSR count). The normalized spacial score (nSPS) is 11.6. The van der Waals surface area contributed by atoms with Gasteiger partial charge in [0, 0.05) is 25.4 Å². The van der Waals surface area contributed by atoms with E-state index in [1.807, 2.05) is 18.9 Å². The van der Waals surface area contributed by atoms with Gasteiger partial charge in [-0.15, -0.1) is 0 Å². The summed E-state index contributed by atoms with van der Waals surface area (Å²) in [5.41, 5.74) is 0.640. The zero-order chi connectivity index (χ0) is 12.1. The summed E-state index contributed by atoms with van der Waals surface area (Å²) in [4.78, 5) is 17.2. The van der Waals surface area contributed by atoms with E-state index in [2.05, 4.69) is 11.1 Å². The predicted octanol–water partition coefficient (Wildman–Crippen LogP) is 1.88. The molecule has 4 heteroatoms. The van der Waals surface area contributed by atoms with Crippen LogP contribution in [0.5, 0.6) is 0 Å². The van der Waals surface area contributed by atoms with Crippen molar-refractivity contribution in [3.8, 4) is 6.07 Å². The fourth-order valence-corrected chi connectivity index (χ4v) is 1.39. The van der Waals surface area contributed by atoms with Crippen molar-refractivity contribution in [1.29, 1.82) is 5.26 Å². The molecular weight excluding hydrogens is 202 g/mol. The van der Waals surface area contributed by atoms with Crippen LogP contribution in [0.25, 0.3) is 0 Å². The molecule has 1 heterocycles. The van der Waals surface area contributed by atoms with Gasteiger partial charge >= 0.3 is 0 Å². The van der Waals surface area contributed by atoms with Gasteiger partial charge in [0.2, 0.25) is 0 Å². The van der Waals surface area contributed by atoms with E-state index >= 15 is 0 Å².